The van der Waals surface area contributed by atoms with E-state index < -0.39 is 5.97 Å². The largest absolute Gasteiger partial charge is 0.460 e. The van der Waals surface area contributed by atoms with Gasteiger partial charge in [-0.3, -0.25) is 0 Å². The number of pyridine rings is 1. The van der Waals surface area contributed by atoms with Crippen molar-refractivity contribution in [3.8, 4) is 0 Å². The first-order chi connectivity index (χ1) is 8.67. The van der Waals surface area contributed by atoms with Crippen LogP contribution in [0.4, 0.5) is 5.69 Å². The van der Waals surface area contributed by atoms with Gasteiger partial charge in [0.2, 0.25) is 5.76 Å². The highest BCUT2D eigenvalue weighted by atomic mass is 16.5. The Balaban J connectivity index is 2.51. The molecular formula is C13H14N2O3. The zero-order valence-corrected chi connectivity index (χ0v) is 10.3. The van der Waals surface area contributed by atoms with Gasteiger partial charge in [0, 0.05) is 6.20 Å². The van der Waals surface area contributed by atoms with E-state index in [0.717, 1.165) is 5.56 Å². The predicted octanol–water partition coefficient (Wildman–Crippen LogP) is 2.62. The van der Waals surface area contributed by atoms with Crippen LogP contribution >= 0.6 is 0 Å². The second-order valence-corrected chi connectivity index (χ2v) is 3.68. The molecule has 0 spiro atoms. The number of furan rings is 1. The van der Waals surface area contributed by atoms with Gasteiger partial charge in [0.15, 0.2) is 5.58 Å². The Hall–Kier alpha value is -2.30. The van der Waals surface area contributed by atoms with Crippen molar-refractivity contribution in [1.29, 1.82) is 0 Å². The quantitative estimate of drug-likeness (QED) is 0.842. The van der Waals surface area contributed by atoms with Crippen LogP contribution in [0.1, 0.15) is 30.0 Å². The van der Waals surface area contributed by atoms with Crippen molar-refractivity contribution in [3.05, 3.63) is 29.7 Å². The SMILES string of the molecule is C/C=C\c1cnc2c(N)c(C(=O)OCC)oc2c1. The molecule has 0 fully saturated rings. The third-order valence-corrected chi connectivity index (χ3v) is 2.41. The summed E-state index contributed by atoms with van der Waals surface area (Å²) in [5.74, 6) is -0.558. The molecule has 0 aliphatic rings. The molecule has 0 aliphatic carbocycles. The molecule has 0 aromatic carbocycles. The summed E-state index contributed by atoms with van der Waals surface area (Å²) in [6.07, 6.45) is 5.44. The molecule has 0 atom stereocenters. The smallest absolute Gasteiger partial charge is 0.376 e. The van der Waals surface area contributed by atoms with Crippen LogP contribution in [0.15, 0.2) is 22.8 Å². The van der Waals surface area contributed by atoms with Gasteiger partial charge in [0.05, 0.1) is 6.61 Å². The molecule has 0 radical (unpaired) electrons. The number of carbonyl (C=O) groups is 1. The first-order valence-corrected chi connectivity index (χ1v) is 5.65. The fraction of sp³-hybridized carbons (Fsp3) is 0.231. The molecule has 18 heavy (non-hydrogen) atoms. The first-order valence-electron chi connectivity index (χ1n) is 5.65. The lowest BCUT2D eigenvalue weighted by molar-refractivity contribution is 0.0494. The Bertz CT molecular complexity index is 614. The molecule has 0 amide bonds. The van der Waals surface area contributed by atoms with Crippen LogP contribution in [0.3, 0.4) is 0 Å². The number of ether oxygens (including phenoxy) is 1. The molecule has 0 saturated heterocycles. The number of aromatic nitrogens is 1. The summed E-state index contributed by atoms with van der Waals surface area (Å²) in [4.78, 5) is 15.8. The lowest BCUT2D eigenvalue weighted by Gasteiger charge is -1.97. The number of carbonyl (C=O) groups excluding carboxylic acids is 1. The van der Waals surface area contributed by atoms with Crippen molar-refractivity contribution in [2.24, 2.45) is 0 Å². The summed E-state index contributed by atoms with van der Waals surface area (Å²) >= 11 is 0. The third-order valence-electron chi connectivity index (χ3n) is 2.41. The van der Waals surface area contributed by atoms with E-state index in [2.05, 4.69) is 4.98 Å². The maximum atomic E-state index is 11.6. The maximum absolute atomic E-state index is 11.6. The average Bonchev–Trinajstić information content (AvgIpc) is 2.67. The summed E-state index contributed by atoms with van der Waals surface area (Å²) in [6.45, 7) is 3.90. The lowest BCUT2D eigenvalue weighted by Crippen LogP contribution is -2.05. The van der Waals surface area contributed by atoms with E-state index in [-0.39, 0.29) is 18.1 Å². The molecule has 94 valence electrons. The normalized spacial score (nSPS) is 11.2. The molecule has 0 saturated carbocycles. The summed E-state index contributed by atoms with van der Waals surface area (Å²) in [7, 11) is 0. The average molecular weight is 246 g/mol. The number of hydrogen-bond donors (Lipinski definition) is 1. The monoisotopic (exact) mass is 246 g/mol. The van der Waals surface area contributed by atoms with Crippen molar-refractivity contribution < 1.29 is 13.9 Å². The predicted molar refractivity (Wildman–Crippen MR) is 69.1 cm³/mol. The number of allylic oxidation sites excluding steroid dienone is 1. The van der Waals surface area contributed by atoms with Gasteiger partial charge in [-0.15, -0.1) is 0 Å². The van der Waals surface area contributed by atoms with Crippen molar-refractivity contribution >= 4 is 28.8 Å². The highest BCUT2D eigenvalue weighted by molar-refractivity contribution is 6.01. The third kappa shape index (κ3) is 2.07. The number of fused-ring (bicyclic) bond motifs is 1. The summed E-state index contributed by atoms with van der Waals surface area (Å²) < 4.78 is 10.3. The standard InChI is InChI=1S/C13H14N2O3/c1-3-5-8-6-9-11(15-7-8)10(14)12(18-9)13(16)17-4-2/h3,5-7H,4,14H2,1-2H3/b5-3-. The Labute approximate surface area is 104 Å². The van der Waals surface area contributed by atoms with Crippen LogP contribution in [-0.4, -0.2) is 17.6 Å². The Morgan fingerprint density at radius 3 is 3.06 bits per heavy atom. The molecule has 2 N–H and O–H groups in total. The first kappa shape index (κ1) is 12.2. The number of esters is 1. The van der Waals surface area contributed by atoms with Gasteiger partial charge in [0.1, 0.15) is 11.2 Å². The fourth-order valence-corrected chi connectivity index (χ4v) is 1.64. The second kappa shape index (κ2) is 4.91. The minimum absolute atomic E-state index is 0.0111. The Morgan fingerprint density at radius 1 is 1.61 bits per heavy atom. The molecule has 5 nitrogen and oxygen atoms in total. The Kier molecular flexibility index (Phi) is 3.32. The Morgan fingerprint density at radius 2 is 2.39 bits per heavy atom. The van der Waals surface area contributed by atoms with Crippen LogP contribution in [0.25, 0.3) is 17.2 Å². The van der Waals surface area contributed by atoms with Crippen LogP contribution < -0.4 is 5.73 Å². The molecule has 2 aromatic heterocycles. The molecule has 2 aromatic rings. The van der Waals surface area contributed by atoms with Crippen molar-refractivity contribution in [3.63, 3.8) is 0 Å². The molecule has 0 unspecified atom stereocenters. The summed E-state index contributed by atoms with van der Waals surface area (Å²) in [5, 5.41) is 0. The van der Waals surface area contributed by atoms with Crippen LogP contribution in [0.5, 0.6) is 0 Å². The van der Waals surface area contributed by atoms with Crippen LogP contribution in [0, 0.1) is 0 Å². The van der Waals surface area contributed by atoms with Gasteiger partial charge >= 0.3 is 5.97 Å². The van der Waals surface area contributed by atoms with E-state index in [4.69, 9.17) is 14.9 Å². The molecular weight excluding hydrogens is 232 g/mol. The molecule has 2 heterocycles. The highest BCUT2D eigenvalue weighted by Crippen LogP contribution is 2.27. The van der Waals surface area contributed by atoms with E-state index in [1.54, 1.807) is 19.2 Å². The van der Waals surface area contributed by atoms with Gasteiger partial charge < -0.3 is 14.9 Å². The molecule has 0 aliphatic heterocycles. The van der Waals surface area contributed by atoms with Gasteiger partial charge in [-0.1, -0.05) is 12.2 Å². The minimum Gasteiger partial charge on any atom is -0.460 e. The number of nitrogens with two attached hydrogens (primary N) is 1. The van der Waals surface area contributed by atoms with E-state index in [1.807, 2.05) is 19.1 Å². The topological polar surface area (TPSA) is 78.3 Å². The van der Waals surface area contributed by atoms with Gasteiger partial charge in [-0.25, -0.2) is 9.78 Å². The van der Waals surface area contributed by atoms with Gasteiger partial charge in [-0.2, -0.15) is 0 Å². The fourth-order valence-electron chi connectivity index (χ4n) is 1.64. The summed E-state index contributed by atoms with van der Waals surface area (Å²) in [5.41, 5.74) is 7.88. The van der Waals surface area contributed by atoms with Gasteiger partial charge in [-0.05, 0) is 25.5 Å². The molecule has 2 rings (SSSR count). The van der Waals surface area contributed by atoms with Gasteiger partial charge in [0.25, 0.3) is 0 Å². The van der Waals surface area contributed by atoms with Crippen LogP contribution in [0.2, 0.25) is 0 Å². The number of rotatable bonds is 3. The van der Waals surface area contributed by atoms with Crippen LogP contribution in [-0.2, 0) is 4.74 Å². The number of hydrogen-bond acceptors (Lipinski definition) is 5. The zero-order chi connectivity index (χ0) is 13.1. The van der Waals surface area contributed by atoms with E-state index in [0.29, 0.717) is 11.1 Å². The number of nitrogens with zero attached hydrogens (tertiary/aromatic N) is 1. The van der Waals surface area contributed by atoms with E-state index in [1.165, 1.54) is 0 Å². The maximum Gasteiger partial charge on any atom is 0.376 e. The van der Waals surface area contributed by atoms with Crippen molar-refractivity contribution in [2.75, 3.05) is 12.3 Å². The van der Waals surface area contributed by atoms with E-state index >= 15 is 0 Å². The van der Waals surface area contributed by atoms with Crippen molar-refractivity contribution in [2.45, 2.75) is 13.8 Å². The minimum atomic E-state index is -0.569. The highest BCUT2D eigenvalue weighted by Gasteiger charge is 2.20. The van der Waals surface area contributed by atoms with Crippen molar-refractivity contribution in [1.82, 2.24) is 4.98 Å². The summed E-state index contributed by atoms with van der Waals surface area (Å²) in [6, 6.07) is 1.78. The number of nitrogen functional groups attached to an aromatic ring is 1. The molecule has 0 bridgehead atoms. The van der Waals surface area contributed by atoms with E-state index in [9.17, 15) is 4.79 Å². The number of anilines is 1. The zero-order valence-electron chi connectivity index (χ0n) is 10.3. The molecule has 5 heteroatoms. The lowest BCUT2D eigenvalue weighted by atomic mass is 10.2. The second-order valence-electron chi connectivity index (χ2n) is 3.68.